The van der Waals surface area contributed by atoms with E-state index < -0.39 is 0 Å². The van der Waals surface area contributed by atoms with E-state index in [-0.39, 0.29) is 23.7 Å². The number of amides is 1. The predicted molar refractivity (Wildman–Crippen MR) is 82.3 cm³/mol. The third-order valence-electron chi connectivity index (χ3n) is 4.87. The molecule has 1 aromatic carbocycles. The van der Waals surface area contributed by atoms with Crippen molar-refractivity contribution >= 4 is 17.3 Å². The van der Waals surface area contributed by atoms with Crippen molar-refractivity contribution in [2.75, 3.05) is 0 Å². The molecule has 1 aliphatic heterocycles. The molecule has 114 valence electrons. The number of carbonyl (C=O) groups excluding carboxylic acids is 1. The standard InChI is InChI=1S/C17H18FN3O/c1-9(6-10-2-4-12(18)5-3-10)19-17(22)16-14-8-11-7-13(11)15(14)20-21-16/h2-5,9,11,13-14H,6-8H2,1H3,(H,19,22). The van der Waals surface area contributed by atoms with E-state index in [2.05, 4.69) is 15.5 Å². The highest BCUT2D eigenvalue weighted by molar-refractivity contribution is 6.45. The molecule has 0 radical (unpaired) electrons. The molecule has 4 rings (SSSR count). The first-order chi connectivity index (χ1) is 10.6. The number of nitrogens with zero attached hydrogens (tertiary/aromatic N) is 2. The molecule has 2 saturated carbocycles. The Labute approximate surface area is 128 Å². The van der Waals surface area contributed by atoms with Gasteiger partial charge in [-0.15, -0.1) is 5.10 Å². The highest BCUT2D eigenvalue weighted by atomic mass is 19.1. The van der Waals surface area contributed by atoms with Crippen molar-refractivity contribution in [1.82, 2.24) is 5.32 Å². The van der Waals surface area contributed by atoms with Gasteiger partial charge in [-0.25, -0.2) is 4.39 Å². The first-order valence-electron chi connectivity index (χ1n) is 7.82. The van der Waals surface area contributed by atoms with Crippen LogP contribution in [-0.2, 0) is 11.2 Å². The highest BCUT2D eigenvalue weighted by Gasteiger charge is 2.55. The summed E-state index contributed by atoms with van der Waals surface area (Å²) < 4.78 is 12.9. The Morgan fingerprint density at radius 2 is 2.09 bits per heavy atom. The van der Waals surface area contributed by atoms with Gasteiger partial charge in [-0.3, -0.25) is 4.79 Å². The van der Waals surface area contributed by atoms with Gasteiger partial charge in [-0.2, -0.15) is 5.10 Å². The van der Waals surface area contributed by atoms with Gasteiger partial charge in [0.25, 0.3) is 5.91 Å². The molecule has 1 heterocycles. The van der Waals surface area contributed by atoms with Crippen LogP contribution in [0.3, 0.4) is 0 Å². The molecule has 22 heavy (non-hydrogen) atoms. The maximum absolute atomic E-state index is 12.9. The third-order valence-corrected chi connectivity index (χ3v) is 4.87. The fourth-order valence-electron chi connectivity index (χ4n) is 3.66. The smallest absolute Gasteiger partial charge is 0.268 e. The number of fused-ring (bicyclic) bond motifs is 3. The Kier molecular flexibility index (Phi) is 3.10. The largest absolute Gasteiger partial charge is 0.348 e. The van der Waals surface area contributed by atoms with Gasteiger partial charge in [0.2, 0.25) is 0 Å². The van der Waals surface area contributed by atoms with E-state index in [0.717, 1.165) is 23.6 Å². The highest BCUT2D eigenvalue weighted by Crippen LogP contribution is 2.54. The molecular formula is C17H18FN3O. The zero-order chi connectivity index (χ0) is 15.3. The van der Waals surface area contributed by atoms with E-state index in [1.165, 1.54) is 18.6 Å². The van der Waals surface area contributed by atoms with Crippen LogP contribution in [0.1, 0.15) is 25.3 Å². The van der Waals surface area contributed by atoms with Gasteiger partial charge in [0, 0.05) is 17.9 Å². The molecular weight excluding hydrogens is 281 g/mol. The molecule has 2 fully saturated rings. The van der Waals surface area contributed by atoms with E-state index in [1.54, 1.807) is 12.1 Å². The third kappa shape index (κ3) is 2.34. The van der Waals surface area contributed by atoms with Gasteiger partial charge >= 0.3 is 0 Å². The Bertz CT molecular complexity index is 680. The van der Waals surface area contributed by atoms with Crippen molar-refractivity contribution in [2.45, 2.75) is 32.2 Å². The summed E-state index contributed by atoms with van der Waals surface area (Å²) in [6, 6.07) is 6.35. The fraction of sp³-hybridized carbons (Fsp3) is 0.471. The second-order valence-electron chi connectivity index (χ2n) is 6.61. The van der Waals surface area contributed by atoms with Gasteiger partial charge in [-0.05, 0) is 49.8 Å². The summed E-state index contributed by atoms with van der Waals surface area (Å²) >= 11 is 0. The summed E-state index contributed by atoms with van der Waals surface area (Å²) in [4.78, 5) is 12.4. The zero-order valence-electron chi connectivity index (χ0n) is 12.4. The van der Waals surface area contributed by atoms with Crippen LogP contribution >= 0.6 is 0 Å². The molecule has 2 aliphatic carbocycles. The maximum Gasteiger partial charge on any atom is 0.268 e. The quantitative estimate of drug-likeness (QED) is 0.911. The summed E-state index contributed by atoms with van der Waals surface area (Å²) in [5, 5.41) is 11.3. The molecule has 1 amide bonds. The number of carbonyl (C=O) groups is 1. The topological polar surface area (TPSA) is 53.8 Å². The van der Waals surface area contributed by atoms with Gasteiger partial charge in [-0.1, -0.05) is 12.1 Å². The lowest BCUT2D eigenvalue weighted by atomic mass is 9.95. The second kappa shape index (κ2) is 5.00. The van der Waals surface area contributed by atoms with Crippen LogP contribution in [0.2, 0.25) is 0 Å². The Morgan fingerprint density at radius 3 is 2.86 bits per heavy atom. The van der Waals surface area contributed by atoms with Crippen LogP contribution in [0.25, 0.3) is 0 Å². The molecule has 1 aromatic rings. The Balaban J connectivity index is 1.35. The molecule has 0 spiro atoms. The first kappa shape index (κ1) is 13.6. The molecule has 5 heteroatoms. The minimum atomic E-state index is -0.245. The van der Waals surface area contributed by atoms with E-state index in [1.807, 2.05) is 6.92 Å². The maximum atomic E-state index is 12.9. The SMILES string of the molecule is CC(Cc1ccc(F)cc1)NC(=O)C1=NN=C2C1CC1CC21. The van der Waals surface area contributed by atoms with Gasteiger partial charge in [0.1, 0.15) is 11.5 Å². The lowest BCUT2D eigenvalue weighted by Crippen LogP contribution is -2.41. The average Bonchev–Trinajstić information content (AvgIpc) is 2.96. The summed E-state index contributed by atoms with van der Waals surface area (Å²) in [5.74, 6) is 1.13. The fourth-order valence-corrected chi connectivity index (χ4v) is 3.66. The number of rotatable bonds is 4. The van der Waals surface area contributed by atoms with E-state index in [0.29, 0.717) is 18.1 Å². The molecule has 3 aliphatic rings. The average molecular weight is 299 g/mol. The molecule has 0 bridgehead atoms. The van der Waals surface area contributed by atoms with Crippen molar-refractivity contribution < 1.29 is 9.18 Å². The van der Waals surface area contributed by atoms with Crippen molar-refractivity contribution in [1.29, 1.82) is 0 Å². The molecule has 4 unspecified atom stereocenters. The monoisotopic (exact) mass is 299 g/mol. The summed E-state index contributed by atoms with van der Waals surface area (Å²) in [7, 11) is 0. The van der Waals surface area contributed by atoms with Gasteiger partial charge in [0.05, 0.1) is 5.71 Å². The van der Waals surface area contributed by atoms with E-state index >= 15 is 0 Å². The van der Waals surface area contributed by atoms with Crippen LogP contribution in [0, 0.1) is 23.6 Å². The number of hydrogen-bond donors (Lipinski definition) is 1. The van der Waals surface area contributed by atoms with Crippen LogP contribution < -0.4 is 5.32 Å². The van der Waals surface area contributed by atoms with Gasteiger partial charge < -0.3 is 5.32 Å². The lowest BCUT2D eigenvalue weighted by molar-refractivity contribution is -0.115. The summed E-state index contributed by atoms with van der Waals surface area (Å²) in [6.07, 6.45) is 2.92. The number of nitrogens with one attached hydrogen (secondary N) is 1. The normalized spacial score (nSPS) is 29.3. The van der Waals surface area contributed by atoms with Crippen molar-refractivity contribution in [3.05, 3.63) is 35.6 Å². The zero-order valence-corrected chi connectivity index (χ0v) is 12.4. The first-order valence-corrected chi connectivity index (χ1v) is 7.82. The summed E-state index contributed by atoms with van der Waals surface area (Å²) in [6.45, 7) is 1.95. The van der Waals surface area contributed by atoms with Crippen molar-refractivity contribution in [3.8, 4) is 0 Å². The number of benzene rings is 1. The minimum Gasteiger partial charge on any atom is -0.348 e. The molecule has 1 N–H and O–H groups in total. The predicted octanol–water partition coefficient (Wildman–Crippen LogP) is 2.34. The summed E-state index contributed by atoms with van der Waals surface area (Å²) in [5.41, 5.74) is 2.70. The molecule has 4 nitrogen and oxygen atoms in total. The van der Waals surface area contributed by atoms with Crippen LogP contribution in [0.5, 0.6) is 0 Å². The minimum absolute atomic E-state index is 0.0272. The van der Waals surface area contributed by atoms with Crippen LogP contribution in [-0.4, -0.2) is 23.4 Å². The number of hydrogen-bond acceptors (Lipinski definition) is 3. The van der Waals surface area contributed by atoms with E-state index in [4.69, 9.17) is 0 Å². The second-order valence-corrected chi connectivity index (χ2v) is 6.61. The van der Waals surface area contributed by atoms with E-state index in [9.17, 15) is 9.18 Å². The lowest BCUT2D eigenvalue weighted by Gasteiger charge is -2.16. The van der Waals surface area contributed by atoms with Crippen molar-refractivity contribution in [3.63, 3.8) is 0 Å². The van der Waals surface area contributed by atoms with Crippen LogP contribution in [0.4, 0.5) is 4.39 Å². The van der Waals surface area contributed by atoms with Crippen molar-refractivity contribution in [2.24, 2.45) is 28.0 Å². The van der Waals surface area contributed by atoms with Gasteiger partial charge in [0.15, 0.2) is 0 Å². The Morgan fingerprint density at radius 1 is 1.32 bits per heavy atom. The van der Waals surface area contributed by atoms with Crippen LogP contribution in [0.15, 0.2) is 34.5 Å². The Hall–Kier alpha value is -2.04. The molecule has 0 saturated heterocycles. The molecule has 4 atom stereocenters. The number of halogens is 1. The molecule has 0 aromatic heterocycles.